The van der Waals surface area contributed by atoms with Crippen molar-refractivity contribution >= 4 is 5.78 Å². The van der Waals surface area contributed by atoms with Crippen LogP contribution in [0.2, 0.25) is 0 Å². The van der Waals surface area contributed by atoms with Gasteiger partial charge >= 0.3 is 0 Å². The first-order valence-electron chi connectivity index (χ1n) is 5.17. The van der Waals surface area contributed by atoms with E-state index >= 15 is 0 Å². The summed E-state index contributed by atoms with van der Waals surface area (Å²) >= 11 is 0. The van der Waals surface area contributed by atoms with E-state index in [1.807, 2.05) is 0 Å². The van der Waals surface area contributed by atoms with E-state index in [2.05, 4.69) is 6.92 Å². The molecule has 0 aliphatic heterocycles. The fourth-order valence-electron chi connectivity index (χ4n) is 1.19. The highest BCUT2D eigenvalue weighted by Gasteiger charge is 2.02. The molecule has 2 nitrogen and oxygen atoms in total. The van der Waals surface area contributed by atoms with Crippen LogP contribution in [0.5, 0.6) is 0 Å². The zero-order valence-electron chi connectivity index (χ0n) is 8.81. The van der Waals surface area contributed by atoms with E-state index in [1.165, 1.54) is 19.3 Å². The highest BCUT2D eigenvalue weighted by molar-refractivity contribution is 5.94. The van der Waals surface area contributed by atoms with Gasteiger partial charge in [0.15, 0.2) is 5.78 Å². The van der Waals surface area contributed by atoms with Gasteiger partial charge in [0.1, 0.15) is 0 Å². The van der Waals surface area contributed by atoms with E-state index in [4.69, 9.17) is 5.73 Å². The van der Waals surface area contributed by atoms with Gasteiger partial charge in [-0.2, -0.15) is 0 Å². The predicted octanol–water partition coefficient (Wildman–Crippen LogP) is 2.78. The Morgan fingerprint density at radius 1 is 1.23 bits per heavy atom. The number of hydrogen-bond acceptors (Lipinski definition) is 2. The lowest BCUT2D eigenvalue weighted by molar-refractivity contribution is -0.115. The van der Waals surface area contributed by atoms with Gasteiger partial charge in [0.05, 0.1) is 5.70 Å². The van der Waals surface area contributed by atoms with Gasteiger partial charge in [-0.1, -0.05) is 38.7 Å². The zero-order chi connectivity index (χ0) is 10.1. The number of carbonyl (C=O) groups excluding carboxylic acids is 1. The lowest BCUT2D eigenvalue weighted by Crippen LogP contribution is -2.10. The molecule has 0 atom stereocenters. The van der Waals surface area contributed by atoms with Gasteiger partial charge in [0, 0.05) is 6.42 Å². The smallest absolute Gasteiger partial charge is 0.178 e. The molecule has 0 saturated heterocycles. The van der Waals surface area contributed by atoms with Crippen molar-refractivity contribution in [1.29, 1.82) is 0 Å². The van der Waals surface area contributed by atoms with E-state index in [1.54, 1.807) is 13.0 Å². The van der Waals surface area contributed by atoms with Crippen molar-refractivity contribution in [2.75, 3.05) is 0 Å². The number of ketones is 1. The molecule has 0 aromatic rings. The predicted molar refractivity (Wildman–Crippen MR) is 56.3 cm³/mol. The van der Waals surface area contributed by atoms with Crippen LogP contribution < -0.4 is 5.73 Å². The monoisotopic (exact) mass is 183 g/mol. The Kier molecular flexibility index (Phi) is 7.36. The molecule has 0 aliphatic carbocycles. The van der Waals surface area contributed by atoms with Crippen molar-refractivity contribution in [1.82, 2.24) is 0 Å². The summed E-state index contributed by atoms with van der Waals surface area (Å²) in [6, 6.07) is 0. The molecule has 0 unspecified atom stereocenters. The molecule has 0 spiro atoms. The molecule has 2 heteroatoms. The number of rotatable bonds is 7. The van der Waals surface area contributed by atoms with E-state index in [0.717, 1.165) is 12.8 Å². The minimum absolute atomic E-state index is 0.0963. The molecule has 0 radical (unpaired) electrons. The minimum atomic E-state index is 0.0963. The van der Waals surface area contributed by atoms with E-state index in [9.17, 15) is 4.79 Å². The summed E-state index contributed by atoms with van der Waals surface area (Å²) in [5.41, 5.74) is 5.88. The molecule has 0 aromatic heterocycles. The number of carbonyl (C=O) groups is 1. The largest absolute Gasteiger partial charge is 0.396 e. The summed E-state index contributed by atoms with van der Waals surface area (Å²) in [6.07, 6.45) is 8.16. The Morgan fingerprint density at radius 2 is 1.85 bits per heavy atom. The third kappa shape index (κ3) is 6.38. The Hall–Kier alpha value is -0.790. The zero-order valence-corrected chi connectivity index (χ0v) is 8.81. The number of allylic oxidation sites excluding steroid dienone is 2. The van der Waals surface area contributed by atoms with Gasteiger partial charge in [0.25, 0.3) is 0 Å². The second kappa shape index (κ2) is 7.84. The van der Waals surface area contributed by atoms with Crippen LogP contribution in [0.25, 0.3) is 0 Å². The first-order valence-corrected chi connectivity index (χ1v) is 5.17. The fraction of sp³-hybridized carbons (Fsp3) is 0.727. The van der Waals surface area contributed by atoms with Crippen LogP contribution in [-0.2, 0) is 4.79 Å². The maximum atomic E-state index is 11.2. The molecule has 2 N–H and O–H groups in total. The van der Waals surface area contributed by atoms with Crippen molar-refractivity contribution in [3.63, 3.8) is 0 Å². The number of Topliss-reactive ketones (excluding diaryl/α,β-unsaturated/α-hetero) is 1. The van der Waals surface area contributed by atoms with E-state index < -0.39 is 0 Å². The van der Waals surface area contributed by atoms with Crippen molar-refractivity contribution in [3.05, 3.63) is 11.8 Å². The van der Waals surface area contributed by atoms with Gasteiger partial charge in [-0.25, -0.2) is 0 Å². The van der Waals surface area contributed by atoms with E-state index in [0.29, 0.717) is 12.1 Å². The average molecular weight is 183 g/mol. The van der Waals surface area contributed by atoms with E-state index in [-0.39, 0.29) is 5.78 Å². The highest BCUT2D eigenvalue weighted by Crippen LogP contribution is 2.06. The Morgan fingerprint density at radius 3 is 2.38 bits per heavy atom. The van der Waals surface area contributed by atoms with Gasteiger partial charge in [0.2, 0.25) is 0 Å². The molecule has 0 saturated carbocycles. The van der Waals surface area contributed by atoms with Crippen LogP contribution in [0.3, 0.4) is 0 Å². The summed E-state index contributed by atoms with van der Waals surface area (Å²) < 4.78 is 0. The first kappa shape index (κ1) is 12.2. The Labute approximate surface area is 81.2 Å². The van der Waals surface area contributed by atoms with Crippen molar-refractivity contribution in [3.8, 4) is 0 Å². The summed E-state index contributed by atoms with van der Waals surface area (Å²) in [4.78, 5) is 11.2. The maximum Gasteiger partial charge on any atom is 0.178 e. The molecule has 0 rings (SSSR count). The second-order valence-electron chi connectivity index (χ2n) is 3.33. The Bertz CT molecular complexity index is 173. The van der Waals surface area contributed by atoms with Crippen molar-refractivity contribution in [2.45, 2.75) is 52.4 Å². The molecular weight excluding hydrogens is 162 g/mol. The standard InChI is InChI=1S/C11H21NO/c1-3-5-6-7-8-9-11(13)10(12)4-2/h4H,3,5-9,12H2,1-2H3/b10-4-. The fourth-order valence-corrected chi connectivity index (χ4v) is 1.19. The third-order valence-corrected chi connectivity index (χ3v) is 2.14. The van der Waals surface area contributed by atoms with Crippen LogP contribution in [0.1, 0.15) is 52.4 Å². The second-order valence-corrected chi connectivity index (χ2v) is 3.33. The summed E-state index contributed by atoms with van der Waals surface area (Å²) in [7, 11) is 0. The summed E-state index contributed by atoms with van der Waals surface area (Å²) in [6.45, 7) is 3.98. The van der Waals surface area contributed by atoms with Crippen LogP contribution in [-0.4, -0.2) is 5.78 Å². The maximum absolute atomic E-state index is 11.2. The molecule has 76 valence electrons. The topological polar surface area (TPSA) is 43.1 Å². The molecule has 0 aromatic carbocycles. The molecule has 0 heterocycles. The SMILES string of the molecule is C/C=C(\N)C(=O)CCCCCCC. The van der Waals surface area contributed by atoms with Gasteiger partial charge in [-0.15, -0.1) is 0 Å². The van der Waals surface area contributed by atoms with Crippen LogP contribution in [0.15, 0.2) is 11.8 Å². The highest BCUT2D eigenvalue weighted by atomic mass is 16.1. The lowest BCUT2D eigenvalue weighted by Gasteiger charge is -2.00. The third-order valence-electron chi connectivity index (χ3n) is 2.14. The van der Waals surface area contributed by atoms with Crippen molar-refractivity contribution in [2.24, 2.45) is 5.73 Å². The van der Waals surface area contributed by atoms with Gasteiger partial charge in [-0.3, -0.25) is 4.79 Å². The lowest BCUT2D eigenvalue weighted by atomic mass is 10.1. The van der Waals surface area contributed by atoms with Crippen LogP contribution in [0, 0.1) is 0 Å². The van der Waals surface area contributed by atoms with Crippen molar-refractivity contribution < 1.29 is 4.79 Å². The normalized spacial score (nSPS) is 11.7. The molecule has 0 aliphatic rings. The molecule has 0 bridgehead atoms. The number of hydrogen-bond donors (Lipinski definition) is 1. The minimum Gasteiger partial charge on any atom is -0.396 e. The number of unbranched alkanes of at least 4 members (excludes halogenated alkanes) is 4. The average Bonchev–Trinajstić information content (AvgIpc) is 2.16. The summed E-state index contributed by atoms with van der Waals surface area (Å²) in [5.74, 6) is 0.0963. The van der Waals surface area contributed by atoms with Gasteiger partial charge in [-0.05, 0) is 13.3 Å². The molecule has 0 fully saturated rings. The summed E-state index contributed by atoms with van der Waals surface area (Å²) in [5, 5.41) is 0. The van der Waals surface area contributed by atoms with Crippen LogP contribution >= 0.6 is 0 Å². The molecule has 13 heavy (non-hydrogen) atoms. The number of nitrogens with two attached hydrogens (primary N) is 1. The first-order chi connectivity index (χ1) is 6.22. The quantitative estimate of drug-likeness (QED) is 0.487. The molecule has 0 amide bonds. The Balaban J connectivity index is 3.38. The van der Waals surface area contributed by atoms with Gasteiger partial charge < -0.3 is 5.73 Å². The van der Waals surface area contributed by atoms with Crippen LogP contribution in [0.4, 0.5) is 0 Å². The molecular formula is C11H21NO.